The number of benzene rings is 1. The van der Waals surface area contributed by atoms with E-state index in [0.29, 0.717) is 29.2 Å². The summed E-state index contributed by atoms with van der Waals surface area (Å²) < 4.78 is 16.0. The van der Waals surface area contributed by atoms with Crippen molar-refractivity contribution in [2.24, 2.45) is 0 Å². The molecular weight excluding hydrogens is 389 g/mol. The first-order valence-corrected chi connectivity index (χ1v) is 8.67. The molecule has 1 aromatic carbocycles. The molecule has 10 heteroatoms. The van der Waals surface area contributed by atoms with E-state index in [1.165, 1.54) is 24.4 Å². The lowest BCUT2D eigenvalue weighted by molar-refractivity contribution is -0.116. The van der Waals surface area contributed by atoms with E-state index in [4.69, 9.17) is 16.7 Å². The lowest BCUT2D eigenvalue weighted by Gasteiger charge is -2.09. The summed E-state index contributed by atoms with van der Waals surface area (Å²) in [4.78, 5) is 23.5. The topological polar surface area (TPSA) is 102 Å². The fourth-order valence-electron chi connectivity index (χ4n) is 2.80. The Bertz CT molecular complexity index is 1060. The Labute approximate surface area is 164 Å². The number of carboxylic acids is 1. The average molecular weight is 406 g/mol. The third kappa shape index (κ3) is 4.04. The van der Waals surface area contributed by atoms with Gasteiger partial charge in [0, 0.05) is 11.2 Å². The van der Waals surface area contributed by atoms with Crippen LogP contribution in [-0.2, 0) is 17.9 Å². The Morgan fingerprint density at radius 2 is 2.00 bits per heavy atom. The van der Waals surface area contributed by atoms with Gasteiger partial charge < -0.3 is 10.4 Å². The van der Waals surface area contributed by atoms with Gasteiger partial charge in [0.2, 0.25) is 5.91 Å². The SMILES string of the molecule is Cc1nn(Cc2ccc(F)cc2Cl)c(C)c1NC(=O)Cn1nccc1C(=O)O. The average Bonchev–Trinajstić information content (AvgIpc) is 3.17. The number of halogens is 2. The van der Waals surface area contributed by atoms with Crippen LogP contribution in [0, 0.1) is 19.7 Å². The number of carbonyl (C=O) groups is 2. The Kier molecular flexibility index (Phi) is 5.46. The van der Waals surface area contributed by atoms with Crippen LogP contribution in [0.5, 0.6) is 0 Å². The predicted octanol–water partition coefficient (Wildman–Crippen LogP) is 2.87. The van der Waals surface area contributed by atoms with Gasteiger partial charge in [0.05, 0.1) is 23.6 Å². The van der Waals surface area contributed by atoms with Crippen LogP contribution in [0.4, 0.5) is 10.1 Å². The number of hydrogen-bond donors (Lipinski definition) is 2. The summed E-state index contributed by atoms with van der Waals surface area (Å²) in [5.74, 6) is -2.02. The maximum absolute atomic E-state index is 13.2. The van der Waals surface area contributed by atoms with Crippen LogP contribution in [0.1, 0.15) is 27.4 Å². The van der Waals surface area contributed by atoms with Crippen LogP contribution in [0.2, 0.25) is 5.02 Å². The molecule has 0 saturated carbocycles. The number of amides is 1. The lowest BCUT2D eigenvalue weighted by Crippen LogP contribution is -2.22. The molecule has 2 aromatic heterocycles. The first kappa shape index (κ1) is 19.6. The van der Waals surface area contributed by atoms with Gasteiger partial charge in [-0.1, -0.05) is 17.7 Å². The van der Waals surface area contributed by atoms with E-state index in [2.05, 4.69) is 15.5 Å². The quantitative estimate of drug-likeness (QED) is 0.656. The number of aromatic carboxylic acids is 1. The molecule has 0 bridgehead atoms. The number of aryl methyl sites for hydroxylation is 1. The maximum atomic E-state index is 13.2. The van der Waals surface area contributed by atoms with E-state index in [1.54, 1.807) is 24.6 Å². The molecule has 0 spiro atoms. The monoisotopic (exact) mass is 405 g/mol. The third-order valence-electron chi connectivity index (χ3n) is 4.21. The normalized spacial score (nSPS) is 10.9. The summed E-state index contributed by atoms with van der Waals surface area (Å²) in [6.45, 7) is 3.58. The summed E-state index contributed by atoms with van der Waals surface area (Å²) in [5.41, 5.74) is 2.40. The van der Waals surface area contributed by atoms with Gasteiger partial charge in [-0.25, -0.2) is 13.9 Å². The second-order valence-electron chi connectivity index (χ2n) is 6.17. The summed E-state index contributed by atoms with van der Waals surface area (Å²) >= 11 is 6.07. The van der Waals surface area contributed by atoms with E-state index in [9.17, 15) is 14.0 Å². The van der Waals surface area contributed by atoms with E-state index in [1.807, 2.05) is 0 Å². The Hall–Kier alpha value is -3.20. The zero-order valence-corrected chi connectivity index (χ0v) is 15.9. The fourth-order valence-corrected chi connectivity index (χ4v) is 3.03. The maximum Gasteiger partial charge on any atom is 0.354 e. The van der Waals surface area contributed by atoms with Crippen molar-refractivity contribution in [3.8, 4) is 0 Å². The highest BCUT2D eigenvalue weighted by Crippen LogP contribution is 2.23. The summed E-state index contributed by atoms with van der Waals surface area (Å²) in [5, 5.41) is 20.4. The third-order valence-corrected chi connectivity index (χ3v) is 4.56. The number of hydrogen-bond acceptors (Lipinski definition) is 4. The van der Waals surface area contributed by atoms with Gasteiger partial charge in [0.1, 0.15) is 18.1 Å². The van der Waals surface area contributed by atoms with E-state index < -0.39 is 17.7 Å². The minimum absolute atomic E-state index is 0.0785. The molecule has 0 radical (unpaired) electrons. The fraction of sp³-hybridized carbons (Fsp3) is 0.222. The van der Waals surface area contributed by atoms with Crippen molar-refractivity contribution in [3.05, 3.63) is 63.9 Å². The molecule has 0 saturated heterocycles. The first-order valence-electron chi connectivity index (χ1n) is 8.29. The molecule has 0 aliphatic rings. The highest BCUT2D eigenvalue weighted by molar-refractivity contribution is 6.31. The van der Waals surface area contributed by atoms with Gasteiger partial charge in [-0.2, -0.15) is 10.2 Å². The van der Waals surface area contributed by atoms with Crippen molar-refractivity contribution < 1.29 is 19.1 Å². The highest BCUT2D eigenvalue weighted by Gasteiger charge is 2.18. The van der Waals surface area contributed by atoms with Gasteiger partial charge in [-0.05, 0) is 37.6 Å². The van der Waals surface area contributed by atoms with Crippen LogP contribution in [0.15, 0.2) is 30.5 Å². The van der Waals surface area contributed by atoms with E-state index >= 15 is 0 Å². The molecule has 0 aliphatic heterocycles. The minimum atomic E-state index is -1.17. The number of aromatic nitrogens is 4. The minimum Gasteiger partial charge on any atom is -0.477 e. The molecule has 0 unspecified atom stereocenters. The van der Waals surface area contributed by atoms with E-state index in [-0.39, 0.29) is 17.3 Å². The standard InChI is InChI=1S/C18H17ClFN5O3/c1-10-17(22-16(26)9-25-15(18(27)28)5-6-21-25)11(2)24(23-10)8-12-3-4-13(20)7-14(12)19/h3-7H,8-9H2,1-2H3,(H,22,26)(H,27,28). The molecule has 3 aromatic rings. The summed E-state index contributed by atoms with van der Waals surface area (Å²) in [6.07, 6.45) is 1.32. The number of nitrogens with one attached hydrogen (secondary N) is 1. The summed E-state index contributed by atoms with van der Waals surface area (Å²) in [7, 11) is 0. The number of carboxylic acid groups (broad SMARTS) is 1. The summed E-state index contributed by atoms with van der Waals surface area (Å²) in [6, 6.07) is 5.45. The molecule has 1 amide bonds. The van der Waals surface area contributed by atoms with Gasteiger partial charge in [0.15, 0.2) is 0 Å². The van der Waals surface area contributed by atoms with Crippen LogP contribution < -0.4 is 5.32 Å². The molecule has 0 aliphatic carbocycles. The second-order valence-corrected chi connectivity index (χ2v) is 6.57. The Morgan fingerprint density at radius 3 is 2.68 bits per heavy atom. The number of nitrogens with zero attached hydrogens (tertiary/aromatic N) is 4. The van der Waals surface area contributed by atoms with E-state index in [0.717, 1.165) is 4.68 Å². The predicted molar refractivity (Wildman–Crippen MR) is 100 cm³/mol. The van der Waals surface area contributed by atoms with Crippen molar-refractivity contribution in [1.29, 1.82) is 0 Å². The Morgan fingerprint density at radius 1 is 1.25 bits per heavy atom. The number of carbonyl (C=O) groups excluding carboxylic acids is 1. The van der Waals surface area contributed by atoms with Crippen molar-refractivity contribution in [3.63, 3.8) is 0 Å². The Balaban J connectivity index is 1.77. The van der Waals surface area contributed by atoms with Crippen LogP contribution >= 0.6 is 11.6 Å². The van der Waals surface area contributed by atoms with Crippen molar-refractivity contribution in [1.82, 2.24) is 19.6 Å². The molecule has 3 rings (SSSR count). The van der Waals surface area contributed by atoms with Crippen LogP contribution in [0.25, 0.3) is 0 Å². The first-order chi connectivity index (χ1) is 13.3. The zero-order chi connectivity index (χ0) is 20.4. The van der Waals surface area contributed by atoms with Gasteiger partial charge in [-0.3, -0.25) is 9.48 Å². The largest absolute Gasteiger partial charge is 0.477 e. The number of rotatable bonds is 6. The van der Waals surface area contributed by atoms with Crippen molar-refractivity contribution in [2.45, 2.75) is 26.9 Å². The van der Waals surface area contributed by atoms with Gasteiger partial charge >= 0.3 is 5.97 Å². The van der Waals surface area contributed by atoms with Gasteiger partial charge in [-0.15, -0.1) is 0 Å². The molecule has 2 N–H and O–H groups in total. The lowest BCUT2D eigenvalue weighted by atomic mass is 10.2. The van der Waals surface area contributed by atoms with Crippen LogP contribution in [-0.4, -0.2) is 36.5 Å². The smallest absolute Gasteiger partial charge is 0.354 e. The molecular formula is C18H17ClFN5O3. The zero-order valence-electron chi connectivity index (χ0n) is 15.1. The molecule has 0 fully saturated rings. The molecule has 2 heterocycles. The second kappa shape index (κ2) is 7.81. The van der Waals surface area contributed by atoms with Crippen LogP contribution in [0.3, 0.4) is 0 Å². The molecule has 0 atom stereocenters. The highest BCUT2D eigenvalue weighted by atomic mass is 35.5. The van der Waals surface area contributed by atoms with Gasteiger partial charge in [0.25, 0.3) is 0 Å². The van der Waals surface area contributed by atoms with Crippen molar-refractivity contribution in [2.75, 3.05) is 5.32 Å². The van der Waals surface area contributed by atoms with Crippen molar-refractivity contribution >= 4 is 29.2 Å². The number of anilines is 1. The molecule has 8 nitrogen and oxygen atoms in total. The molecule has 146 valence electrons. The molecule has 28 heavy (non-hydrogen) atoms.